The molecule has 3 rings (SSSR count). The van der Waals surface area contributed by atoms with Gasteiger partial charge in [-0.2, -0.15) is 0 Å². The molecule has 2 saturated carbocycles. The zero-order valence-electron chi connectivity index (χ0n) is 12.4. The van der Waals surface area contributed by atoms with Crippen LogP contribution in [0.4, 0.5) is 0 Å². The van der Waals surface area contributed by atoms with E-state index in [0.717, 1.165) is 39.5 Å². The second-order valence-corrected chi connectivity index (χ2v) is 11.8. The Hall–Kier alpha value is 0.259. The standard InChI is InChI=1S/C18H26Se2/c1-3-9-15(10-4-1)19-17-13-7-8-14-18(17)20-16-11-5-2-6-12-16/h7-8,13-16H,1-6,9-12H2. The van der Waals surface area contributed by atoms with Gasteiger partial charge in [0.25, 0.3) is 0 Å². The zero-order chi connectivity index (χ0) is 13.6. The van der Waals surface area contributed by atoms with Crippen molar-refractivity contribution < 1.29 is 0 Å². The first-order valence-electron chi connectivity index (χ1n) is 8.34. The summed E-state index contributed by atoms with van der Waals surface area (Å²) >= 11 is 1.49. The molecule has 0 aromatic heterocycles. The van der Waals surface area contributed by atoms with Gasteiger partial charge in [-0.15, -0.1) is 0 Å². The van der Waals surface area contributed by atoms with E-state index in [4.69, 9.17) is 0 Å². The molecule has 0 heterocycles. The molecule has 110 valence electrons. The van der Waals surface area contributed by atoms with E-state index in [1.54, 1.807) is 8.92 Å². The van der Waals surface area contributed by atoms with Crippen molar-refractivity contribution in [3.05, 3.63) is 24.3 Å². The summed E-state index contributed by atoms with van der Waals surface area (Å²) in [6, 6.07) is 9.46. The van der Waals surface area contributed by atoms with E-state index in [2.05, 4.69) is 24.3 Å². The molecule has 2 fully saturated rings. The van der Waals surface area contributed by atoms with E-state index in [1.165, 1.54) is 64.2 Å². The van der Waals surface area contributed by atoms with Gasteiger partial charge >= 0.3 is 137 Å². The second-order valence-electron chi connectivity index (χ2n) is 6.20. The monoisotopic (exact) mass is 402 g/mol. The predicted octanol–water partition coefficient (Wildman–Crippen LogP) is 3.85. The fourth-order valence-corrected chi connectivity index (χ4v) is 9.75. The van der Waals surface area contributed by atoms with Crippen molar-refractivity contribution in [3.63, 3.8) is 0 Å². The fourth-order valence-electron chi connectivity index (χ4n) is 3.37. The maximum atomic E-state index is 2.45. The maximum absolute atomic E-state index is 2.45. The molecule has 0 amide bonds. The molecular weight excluding hydrogens is 374 g/mol. The summed E-state index contributed by atoms with van der Waals surface area (Å²) in [6.45, 7) is 0. The van der Waals surface area contributed by atoms with Crippen LogP contribution in [0.25, 0.3) is 0 Å². The molecule has 2 heteroatoms. The van der Waals surface area contributed by atoms with Crippen LogP contribution >= 0.6 is 0 Å². The quantitative estimate of drug-likeness (QED) is 0.674. The summed E-state index contributed by atoms with van der Waals surface area (Å²) in [4.78, 5) is 2.08. The van der Waals surface area contributed by atoms with Gasteiger partial charge in [0.05, 0.1) is 0 Å². The number of benzene rings is 1. The molecule has 0 spiro atoms. The van der Waals surface area contributed by atoms with E-state index >= 15 is 0 Å². The van der Waals surface area contributed by atoms with Crippen molar-refractivity contribution in [3.8, 4) is 0 Å². The van der Waals surface area contributed by atoms with Crippen LogP contribution < -0.4 is 8.92 Å². The van der Waals surface area contributed by atoms with Gasteiger partial charge in [-0.25, -0.2) is 0 Å². The molecule has 1 aromatic rings. The number of rotatable bonds is 4. The molecule has 0 saturated heterocycles. The Bertz CT molecular complexity index is 365. The van der Waals surface area contributed by atoms with E-state index < -0.39 is 0 Å². The Balaban J connectivity index is 1.63. The Labute approximate surface area is 136 Å². The molecule has 0 atom stereocenters. The number of hydrogen-bond acceptors (Lipinski definition) is 0. The van der Waals surface area contributed by atoms with Crippen LogP contribution in [0.15, 0.2) is 24.3 Å². The molecule has 2 aliphatic rings. The van der Waals surface area contributed by atoms with E-state index in [9.17, 15) is 0 Å². The molecule has 0 radical (unpaired) electrons. The summed E-state index contributed by atoms with van der Waals surface area (Å²) in [5, 5.41) is 0. The average Bonchev–Trinajstić information content (AvgIpc) is 2.51. The van der Waals surface area contributed by atoms with E-state index in [-0.39, 0.29) is 0 Å². The molecule has 2 aliphatic carbocycles. The van der Waals surface area contributed by atoms with Crippen molar-refractivity contribution in [1.82, 2.24) is 0 Å². The third-order valence-corrected chi connectivity index (χ3v) is 11.1. The predicted molar refractivity (Wildman–Crippen MR) is 90.9 cm³/mol. The number of hydrogen-bond donors (Lipinski definition) is 0. The van der Waals surface area contributed by atoms with Gasteiger partial charge in [0.15, 0.2) is 0 Å². The van der Waals surface area contributed by atoms with Crippen molar-refractivity contribution in [2.24, 2.45) is 0 Å². The molecule has 0 bridgehead atoms. The fraction of sp³-hybridized carbons (Fsp3) is 0.667. The Morgan fingerprint density at radius 2 is 1.00 bits per heavy atom. The van der Waals surface area contributed by atoms with Crippen molar-refractivity contribution in [2.75, 3.05) is 0 Å². The first kappa shape index (κ1) is 15.2. The third-order valence-electron chi connectivity index (χ3n) is 4.54. The van der Waals surface area contributed by atoms with Crippen molar-refractivity contribution >= 4 is 38.8 Å². The zero-order valence-corrected chi connectivity index (χ0v) is 15.8. The molecule has 0 unspecified atom stereocenters. The summed E-state index contributed by atoms with van der Waals surface area (Å²) in [6.07, 6.45) is 14.9. The first-order chi connectivity index (χ1) is 9.92. The first-order valence-corrected chi connectivity index (χ1v) is 12.0. The van der Waals surface area contributed by atoms with Gasteiger partial charge in [-0.3, -0.25) is 0 Å². The normalized spacial score (nSPS) is 22.0. The van der Waals surface area contributed by atoms with Crippen molar-refractivity contribution in [2.45, 2.75) is 73.8 Å². The van der Waals surface area contributed by atoms with E-state index in [1.807, 2.05) is 0 Å². The van der Waals surface area contributed by atoms with Gasteiger partial charge in [-0.05, 0) is 0 Å². The van der Waals surface area contributed by atoms with E-state index in [0.29, 0.717) is 0 Å². The molecule has 20 heavy (non-hydrogen) atoms. The Morgan fingerprint density at radius 3 is 1.40 bits per heavy atom. The van der Waals surface area contributed by atoms with Gasteiger partial charge < -0.3 is 0 Å². The molecule has 0 aliphatic heterocycles. The summed E-state index contributed by atoms with van der Waals surface area (Å²) in [7, 11) is 0. The van der Waals surface area contributed by atoms with Crippen LogP contribution in [0.5, 0.6) is 0 Å². The molecular formula is C18H26Se2. The van der Waals surface area contributed by atoms with Crippen LogP contribution in [0, 0.1) is 0 Å². The van der Waals surface area contributed by atoms with Crippen LogP contribution in [0.1, 0.15) is 64.2 Å². The average molecular weight is 400 g/mol. The third kappa shape index (κ3) is 4.37. The van der Waals surface area contributed by atoms with Crippen LogP contribution in [-0.4, -0.2) is 29.9 Å². The van der Waals surface area contributed by atoms with Gasteiger partial charge in [0, 0.05) is 0 Å². The van der Waals surface area contributed by atoms with Gasteiger partial charge in [0.1, 0.15) is 0 Å². The van der Waals surface area contributed by atoms with Crippen LogP contribution in [0.3, 0.4) is 0 Å². The Kier molecular flexibility index (Phi) is 6.10. The SMILES string of the molecule is c1ccc([Se]C2CCCCC2)c([Se]C2CCCCC2)c1. The van der Waals surface area contributed by atoms with Crippen LogP contribution in [-0.2, 0) is 0 Å². The molecule has 1 aromatic carbocycles. The summed E-state index contributed by atoms with van der Waals surface area (Å²) in [5.41, 5.74) is 0. The molecule has 0 N–H and O–H groups in total. The topological polar surface area (TPSA) is 0 Å². The molecule has 0 nitrogen and oxygen atoms in total. The van der Waals surface area contributed by atoms with Crippen LogP contribution in [0.2, 0.25) is 9.63 Å². The minimum absolute atomic E-state index is 0.743. The minimum atomic E-state index is 0.743. The van der Waals surface area contributed by atoms with Crippen molar-refractivity contribution in [1.29, 1.82) is 0 Å². The summed E-state index contributed by atoms with van der Waals surface area (Å²) < 4.78 is 3.52. The van der Waals surface area contributed by atoms with Gasteiger partial charge in [-0.1, -0.05) is 0 Å². The van der Waals surface area contributed by atoms with Gasteiger partial charge in [0.2, 0.25) is 0 Å². The summed E-state index contributed by atoms with van der Waals surface area (Å²) in [5.74, 6) is 0. The Morgan fingerprint density at radius 1 is 0.600 bits per heavy atom. The second kappa shape index (κ2) is 8.04.